The van der Waals surface area contributed by atoms with Gasteiger partial charge in [-0.2, -0.15) is 0 Å². The van der Waals surface area contributed by atoms with E-state index in [4.69, 9.17) is 0 Å². The van der Waals surface area contributed by atoms with E-state index in [1.54, 1.807) is 5.57 Å². The molecule has 36 heavy (non-hydrogen) atoms. The van der Waals surface area contributed by atoms with Gasteiger partial charge in [-0.1, -0.05) is 136 Å². The van der Waals surface area contributed by atoms with Crippen molar-refractivity contribution in [3.8, 4) is 0 Å². The van der Waals surface area contributed by atoms with E-state index in [0.29, 0.717) is 17.3 Å². The molecule has 0 nitrogen and oxygen atoms in total. The third-order valence-corrected chi connectivity index (χ3v) is 8.23. The fourth-order valence-corrected chi connectivity index (χ4v) is 6.04. The number of allylic oxidation sites excluding steroid dienone is 2. The van der Waals surface area contributed by atoms with E-state index in [-0.39, 0.29) is 47.2 Å². The van der Waals surface area contributed by atoms with Crippen molar-refractivity contribution in [2.75, 3.05) is 0 Å². The van der Waals surface area contributed by atoms with Gasteiger partial charge in [-0.25, -0.2) is 0 Å². The van der Waals surface area contributed by atoms with Crippen LogP contribution in [0.3, 0.4) is 0 Å². The Bertz CT molecular complexity index is 1170. The summed E-state index contributed by atoms with van der Waals surface area (Å²) in [6.45, 7) is 7.41. The molecule has 4 aromatic rings. The van der Waals surface area contributed by atoms with Crippen molar-refractivity contribution < 1.29 is 19.5 Å². The van der Waals surface area contributed by atoms with Crippen LogP contribution in [0.5, 0.6) is 0 Å². The summed E-state index contributed by atoms with van der Waals surface area (Å²) in [5, 5.41) is 2.62. The van der Waals surface area contributed by atoms with Gasteiger partial charge in [0, 0.05) is 0 Å². The van der Waals surface area contributed by atoms with Crippen LogP contribution < -0.4 is 0 Å². The van der Waals surface area contributed by atoms with E-state index in [1.165, 1.54) is 28.3 Å². The predicted octanol–water partition coefficient (Wildman–Crippen LogP) is 10.1. The largest absolute Gasteiger partial charge is 3.00 e. The summed E-state index contributed by atoms with van der Waals surface area (Å²) in [5.41, 5.74) is 5.06. The van der Waals surface area contributed by atoms with Crippen molar-refractivity contribution in [3.63, 3.8) is 0 Å². The molecule has 2 aliphatic rings. The normalized spacial score (nSPS) is 22.4. The van der Waals surface area contributed by atoms with Gasteiger partial charge < -0.3 is 22.3 Å². The zero-order valence-electron chi connectivity index (χ0n) is 22.7. The van der Waals surface area contributed by atoms with Gasteiger partial charge in [0.05, 0.1) is 0 Å². The molecule has 1 fully saturated rings. The Morgan fingerprint density at radius 3 is 1.42 bits per heavy atom. The molecule has 0 amide bonds. The number of fused-ring (bicyclic) bond motifs is 3. The number of benzene rings is 4. The van der Waals surface area contributed by atoms with Crippen LogP contribution in [0.2, 0.25) is 0 Å². The zero-order chi connectivity index (χ0) is 22.2. The van der Waals surface area contributed by atoms with E-state index in [2.05, 4.69) is 136 Å². The molecule has 4 aromatic carbocycles. The maximum Gasteiger partial charge on any atom is 3.00 e. The van der Waals surface area contributed by atoms with Crippen molar-refractivity contribution >= 4 is 16.3 Å². The number of hydrogen-bond acceptors (Lipinski definition) is 0. The molecule has 1 heteroatoms. The van der Waals surface area contributed by atoms with Gasteiger partial charge in [0.15, 0.2) is 0 Å². The molecular formula is C35H41Ru. The van der Waals surface area contributed by atoms with E-state index < -0.39 is 0 Å². The van der Waals surface area contributed by atoms with Crippen LogP contribution in [0, 0.1) is 39.0 Å². The minimum atomic E-state index is 0. The van der Waals surface area contributed by atoms with Gasteiger partial charge in [0.25, 0.3) is 0 Å². The van der Waals surface area contributed by atoms with Crippen LogP contribution in [-0.4, -0.2) is 0 Å². The van der Waals surface area contributed by atoms with Gasteiger partial charge in [0.1, 0.15) is 0 Å². The van der Waals surface area contributed by atoms with Crippen molar-refractivity contribution in [1.82, 2.24) is 0 Å². The fraction of sp³-hybridized carbons (Fsp3) is 0.229. The van der Waals surface area contributed by atoms with Crippen molar-refractivity contribution in [1.29, 1.82) is 0 Å². The minimum Gasteiger partial charge on any atom is -0.358 e. The fourth-order valence-electron chi connectivity index (χ4n) is 6.04. The van der Waals surface area contributed by atoms with E-state index in [0.717, 1.165) is 0 Å². The van der Waals surface area contributed by atoms with Gasteiger partial charge in [-0.3, -0.25) is 0 Å². The van der Waals surface area contributed by atoms with Crippen molar-refractivity contribution in [2.24, 2.45) is 16.7 Å². The molecule has 0 aliphatic heterocycles. The molecule has 2 unspecified atom stereocenters. The van der Waals surface area contributed by atoms with Crippen LogP contribution >= 0.6 is 0 Å². The molecule has 2 bridgehead atoms. The average Bonchev–Trinajstić information content (AvgIpc) is 3.17. The van der Waals surface area contributed by atoms with Gasteiger partial charge in [0.2, 0.25) is 0 Å². The first-order valence-electron chi connectivity index (χ1n) is 11.8. The third kappa shape index (κ3) is 5.43. The van der Waals surface area contributed by atoms with Crippen LogP contribution in [0.25, 0.3) is 16.3 Å². The first-order chi connectivity index (χ1) is 15.5. The molecule has 0 saturated heterocycles. The Labute approximate surface area is 233 Å². The summed E-state index contributed by atoms with van der Waals surface area (Å²) in [4.78, 5) is 0. The number of rotatable bonds is 2. The molecule has 0 N–H and O–H groups in total. The van der Waals surface area contributed by atoms with E-state index >= 15 is 0 Å². The van der Waals surface area contributed by atoms with Crippen LogP contribution in [0.1, 0.15) is 44.2 Å². The summed E-state index contributed by atoms with van der Waals surface area (Å²) in [5.74, 6) is 1.30. The molecule has 3 atom stereocenters. The molecule has 0 spiro atoms. The quantitative estimate of drug-likeness (QED) is 0.168. The summed E-state index contributed by atoms with van der Waals surface area (Å²) in [6.07, 6.45) is 3.84. The van der Waals surface area contributed by atoms with Crippen LogP contribution in [0.4, 0.5) is 0 Å². The molecule has 1 radical (unpaired) electrons. The second-order valence-corrected chi connectivity index (χ2v) is 10.1. The molecule has 6 rings (SSSR count). The Kier molecular flexibility index (Phi) is 11.1. The Hall–Kier alpha value is -2.50. The number of hydrogen-bond donors (Lipinski definition) is 0. The molecule has 2 aliphatic carbocycles. The predicted molar refractivity (Wildman–Crippen MR) is 157 cm³/mol. The topological polar surface area (TPSA) is 0 Å². The third-order valence-electron chi connectivity index (χ3n) is 8.23. The molecular weight excluding hydrogens is 521 g/mol. The summed E-state index contributed by atoms with van der Waals surface area (Å²) in [6, 6.07) is 38.8. The zero-order valence-corrected chi connectivity index (χ0v) is 24.4. The minimum absolute atomic E-state index is 0. The Morgan fingerprint density at radius 2 is 1.00 bits per heavy atom. The van der Waals surface area contributed by atoms with E-state index in [1.807, 2.05) is 0 Å². The van der Waals surface area contributed by atoms with Crippen molar-refractivity contribution in [3.05, 3.63) is 149 Å². The monoisotopic (exact) mass is 563 g/mol. The summed E-state index contributed by atoms with van der Waals surface area (Å²) in [7, 11) is 0. The average molecular weight is 563 g/mol. The Balaban J connectivity index is 0.000000398. The summed E-state index contributed by atoms with van der Waals surface area (Å²) >= 11 is 0. The second kappa shape index (κ2) is 12.6. The van der Waals surface area contributed by atoms with Crippen LogP contribution in [0.15, 0.2) is 115 Å². The van der Waals surface area contributed by atoms with Crippen molar-refractivity contribution in [2.45, 2.75) is 33.1 Å². The standard InChI is InChI=1S/C22H24.C10H8.3CH3.Ru/c1-21(2)20-14-19(17-12-8-5-9-13-17)22(21,3)15-18(20)16-10-6-4-7-11-16;1-2-6-10-8-4-3-7-9(10)5-1;;;;/h4-14,18,20H,15H2,1-3H3;1-8H;3*1H3;/q;;3*-1;+3/t18?,20?,22-;;;;;/m0...../s1. The molecule has 0 heterocycles. The van der Waals surface area contributed by atoms with Gasteiger partial charge >= 0.3 is 19.5 Å². The van der Waals surface area contributed by atoms with Gasteiger partial charge in [-0.15, -0.1) is 0 Å². The van der Waals surface area contributed by atoms with E-state index in [9.17, 15) is 0 Å². The molecule has 189 valence electrons. The van der Waals surface area contributed by atoms with Gasteiger partial charge in [-0.05, 0) is 56.6 Å². The SMILES string of the molecule is CC1(C)C2C=C(c3ccccc3)[C@]1(C)CC2c1ccccc1.[CH3-].[CH3-].[CH3-].[Ru+3].c1ccc2ccccc2c1. The first-order valence-corrected chi connectivity index (χ1v) is 11.8. The van der Waals surface area contributed by atoms with Crippen LogP contribution in [-0.2, 0) is 19.5 Å². The smallest absolute Gasteiger partial charge is 0.358 e. The Morgan fingerprint density at radius 1 is 0.583 bits per heavy atom. The second-order valence-electron chi connectivity index (χ2n) is 10.1. The first kappa shape index (κ1) is 31.5. The molecule has 0 aromatic heterocycles. The summed E-state index contributed by atoms with van der Waals surface area (Å²) < 4.78 is 0. The molecule has 1 saturated carbocycles. The maximum absolute atomic E-state index is 2.58. The maximum atomic E-state index is 2.58.